The smallest absolute Gasteiger partial charge is 0.261 e. The van der Waals surface area contributed by atoms with Crippen LogP contribution in [-0.2, 0) is 18.4 Å². The maximum Gasteiger partial charge on any atom is 0.261 e. The van der Waals surface area contributed by atoms with Gasteiger partial charge in [0.15, 0.2) is 0 Å². The molecule has 3 aromatic rings. The number of para-hydroxylation sites is 2. The van der Waals surface area contributed by atoms with Crippen molar-refractivity contribution >= 4 is 22.5 Å². The first-order valence-electron chi connectivity index (χ1n) is 12.4. The van der Waals surface area contributed by atoms with Crippen molar-refractivity contribution in [3.63, 3.8) is 0 Å². The number of nitrogens with zero attached hydrogens (tertiary/aromatic N) is 5. The Bertz CT molecular complexity index is 1270. The zero-order valence-electron chi connectivity index (χ0n) is 19.6. The number of benzene rings is 2. The van der Waals surface area contributed by atoms with Gasteiger partial charge in [-0.1, -0.05) is 30.3 Å². The molecule has 4 fully saturated rings. The van der Waals surface area contributed by atoms with Crippen LogP contribution in [0.1, 0.15) is 25.1 Å². The molecule has 4 aliphatic heterocycles. The highest BCUT2D eigenvalue weighted by Crippen LogP contribution is 2.33. The third kappa shape index (κ3) is 3.68. The zero-order valence-corrected chi connectivity index (χ0v) is 19.6. The van der Waals surface area contributed by atoms with Crippen LogP contribution in [0.5, 0.6) is 0 Å². The van der Waals surface area contributed by atoms with E-state index in [0.717, 1.165) is 56.8 Å². The highest BCUT2D eigenvalue weighted by atomic mass is 16.2. The van der Waals surface area contributed by atoms with Gasteiger partial charge in [0.25, 0.3) is 5.56 Å². The lowest BCUT2D eigenvalue weighted by molar-refractivity contribution is -0.146. The van der Waals surface area contributed by atoms with Crippen LogP contribution in [0.15, 0.2) is 59.4 Å². The molecule has 7 nitrogen and oxygen atoms in total. The van der Waals surface area contributed by atoms with Crippen LogP contribution in [0.25, 0.3) is 10.9 Å². The standard InChI is InChI=1S/C27H31N5O2/c1-29-25(28-24-10-6-5-9-23(24)27(29)34)18-31-16-22-12-11-21(31)17-32(22)26(33)19-13-14-30(15-19)20-7-3-2-4-8-20/h2-10,19,21-22H,11-18H2,1H3. The number of piperidine rings is 2. The largest absolute Gasteiger partial charge is 0.371 e. The van der Waals surface area contributed by atoms with Gasteiger partial charge in [-0.05, 0) is 43.5 Å². The second kappa shape index (κ2) is 8.55. The normalized spacial score (nSPS) is 24.8. The van der Waals surface area contributed by atoms with Crippen molar-refractivity contribution < 1.29 is 4.79 Å². The summed E-state index contributed by atoms with van der Waals surface area (Å²) >= 11 is 0. The van der Waals surface area contributed by atoms with E-state index in [9.17, 15) is 9.59 Å². The maximum absolute atomic E-state index is 13.5. The van der Waals surface area contributed by atoms with Crippen LogP contribution in [-0.4, -0.2) is 63.5 Å². The summed E-state index contributed by atoms with van der Waals surface area (Å²) in [6.07, 6.45) is 3.08. The number of anilines is 1. The molecule has 3 unspecified atom stereocenters. The number of amides is 1. The molecule has 2 aromatic carbocycles. The quantitative estimate of drug-likeness (QED) is 0.603. The lowest BCUT2D eigenvalue weighted by Gasteiger charge is -2.52. The van der Waals surface area contributed by atoms with Crippen molar-refractivity contribution in [3.05, 3.63) is 70.8 Å². The first kappa shape index (κ1) is 21.4. The molecule has 0 radical (unpaired) electrons. The first-order valence-corrected chi connectivity index (χ1v) is 12.4. The molecule has 0 spiro atoms. The Morgan fingerprint density at radius 3 is 2.50 bits per heavy atom. The predicted octanol–water partition coefficient (Wildman–Crippen LogP) is 2.64. The second-order valence-corrected chi connectivity index (χ2v) is 9.98. The molecule has 34 heavy (non-hydrogen) atoms. The van der Waals surface area contributed by atoms with Crippen LogP contribution in [0.4, 0.5) is 5.69 Å². The Hall–Kier alpha value is -3.19. The van der Waals surface area contributed by atoms with E-state index in [1.807, 2.05) is 37.4 Å². The average molecular weight is 458 g/mol. The van der Waals surface area contributed by atoms with E-state index in [0.29, 0.717) is 23.9 Å². The summed E-state index contributed by atoms with van der Waals surface area (Å²) in [5.74, 6) is 1.20. The molecular weight excluding hydrogens is 426 g/mol. The van der Waals surface area contributed by atoms with Crippen molar-refractivity contribution in [1.29, 1.82) is 0 Å². The molecule has 176 valence electrons. The van der Waals surface area contributed by atoms with E-state index < -0.39 is 0 Å². The topological polar surface area (TPSA) is 61.7 Å². The highest BCUT2D eigenvalue weighted by Gasteiger charge is 2.43. The molecule has 4 aliphatic rings. The van der Waals surface area contributed by atoms with Crippen LogP contribution >= 0.6 is 0 Å². The van der Waals surface area contributed by atoms with Gasteiger partial charge in [0.05, 0.1) is 23.4 Å². The number of aromatic nitrogens is 2. The fraction of sp³-hybridized carbons (Fsp3) is 0.444. The van der Waals surface area contributed by atoms with Gasteiger partial charge in [0.2, 0.25) is 5.91 Å². The molecule has 3 atom stereocenters. The number of rotatable bonds is 4. The fourth-order valence-electron chi connectivity index (χ4n) is 6.04. The Balaban J connectivity index is 1.15. The van der Waals surface area contributed by atoms with Crippen molar-refractivity contribution in [2.24, 2.45) is 13.0 Å². The average Bonchev–Trinajstić information content (AvgIpc) is 3.38. The summed E-state index contributed by atoms with van der Waals surface area (Å²) < 4.78 is 1.68. The molecule has 0 aliphatic carbocycles. The van der Waals surface area contributed by atoms with E-state index in [2.05, 4.69) is 39.0 Å². The molecule has 2 bridgehead atoms. The molecule has 1 amide bonds. The number of carbonyl (C=O) groups excluding carboxylic acids is 1. The SMILES string of the molecule is Cn1c(CN2CC3CCC2CN3C(=O)C2CCN(c3ccccc3)C2)nc2ccccc2c1=O. The van der Waals surface area contributed by atoms with Crippen molar-refractivity contribution in [1.82, 2.24) is 19.4 Å². The van der Waals surface area contributed by atoms with Crippen molar-refractivity contribution in [2.45, 2.75) is 37.9 Å². The molecule has 4 saturated heterocycles. The van der Waals surface area contributed by atoms with E-state index >= 15 is 0 Å². The number of fused-ring (bicyclic) bond motifs is 4. The van der Waals surface area contributed by atoms with Gasteiger partial charge in [0, 0.05) is 51.0 Å². The van der Waals surface area contributed by atoms with Crippen molar-refractivity contribution in [3.8, 4) is 0 Å². The van der Waals surface area contributed by atoms with E-state index in [4.69, 9.17) is 4.98 Å². The van der Waals surface area contributed by atoms with Gasteiger partial charge in [-0.25, -0.2) is 4.98 Å². The summed E-state index contributed by atoms with van der Waals surface area (Å²) in [5.41, 5.74) is 1.96. The van der Waals surface area contributed by atoms with Crippen LogP contribution in [0, 0.1) is 5.92 Å². The molecular formula is C27H31N5O2. The maximum atomic E-state index is 13.5. The lowest BCUT2D eigenvalue weighted by atomic mass is 9.89. The summed E-state index contributed by atoms with van der Waals surface area (Å²) in [6.45, 7) is 4.03. The summed E-state index contributed by atoms with van der Waals surface area (Å²) in [6, 6.07) is 18.5. The Morgan fingerprint density at radius 2 is 1.71 bits per heavy atom. The molecule has 7 heteroatoms. The minimum atomic E-state index is 0.00350. The molecule has 1 aromatic heterocycles. The van der Waals surface area contributed by atoms with Crippen LogP contribution in [0.2, 0.25) is 0 Å². The van der Waals surface area contributed by atoms with Crippen LogP contribution < -0.4 is 10.5 Å². The summed E-state index contributed by atoms with van der Waals surface area (Å²) in [4.78, 5) is 38.0. The van der Waals surface area contributed by atoms with Gasteiger partial charge in [-0.15, -0.1) is 0 Å². The van der Waals surface area contributed by atoms with Gasteiger partial charge in [-0.3, -0.25) is 19.1 Å². The van der Waals surface area contributed by atoms with E-state index in [1.54, 1.807) is 4.57 Å². The minimum Gasteiger partial charge on any atom is -0.371 e. The van der Waals surface area contributed by atoms with Gasteiger partial charge in [-0.2, -0.15) is 0 Å². The van der Waals surface area contributed by atoms with Crippen LogP contribution in [0.3, 0.4) is 0 Å². The molecule has 7 rings (SSSR count). The van der Waals surface area contributed by atoms with Crippen molar-refractivity contribution in [2.75, 3.05) is 31.1 Å². The number of hydrogen-bond donors (Lipinski definition) is 0. The molecule has 0 N–H and O–H groups in total. The van der Waals surface area contributed by atoms with Gasteiger partial charge < -0.3 is 9.80 Å². The second-order valence-electron chi connectivity index (χ2n) is 9.98. The zero-order chi connectivity index (χ0) is 23.2. The third-order valence-corrected chi connectivity index (χ3v) is 8.01. The Labute approximate surface area is 199 Å². The first-order chi connectivity index (χ1) is 16.6. The van der Waals surface area contributed by atoms with Gasteiger partial charge >= 0.3 is 0 Å². The Kier molecular flexibility index (Phi) is 5.37. The molecule has 0 saturated carbocycles. The van der Waals surface area contributed by atoms with E-state index in [1.165, 1.54) is 5.69 Å². The monoisotopic (exact) mass is 457 g/mol. The lowest BCUT2D eigenvalue weighted by Crippen LogP contribution is -2.64. The minimum absolute atomic E-state index is 0.00350. The fourth-order valence-corrected chi connectivity index (χ4v) is 6.04. The number of hydrogen-bond acceptors (Lipinski definition) is 5. The summed E-state index contributed by atoms with van der Waals surface area (Å²) in [7, 11) is 1.81. The predicted molar refractivity (Wildman–Crippen MR) is 133 cm³/mol. The van der Waals surface area contributed by atoms with E-state index in [-0.39, 0.29) is 17.5 Å². The highest BCUT2D eigenvalue weighted by molar-refractivity contribution is 5.81. The number of piperazine rings is 1. The summed E-state index contributed by atoms with van der Waals surface area (Å²) in [5, 5.41) is 0.659. The third-order valence-electron chi connectivity index (χ3n) is 8.01. The number of carbonyl (C=O) groups is 1. The molecule has 5 heterocycles. The Morgan fingerprint density at radius 1 is 0.941 bits per heavy atom. The van der Waals surface area contributed by atoms with Gasteiger partial charge in [0.1, 0.15) is 5.82 Å².